The predicted octanol–water partition coefficient (Wildman–Crippen LogP) is 1.09. The minimum Gasteiger partial charge on any atom is -0.379 e. The molecule has 1 aromatic rings. The highest BCUT2D eigenvalue weighted by atomic mass is 16.5. The van der Waals surface area contributed by atoms with Crippen LogP contribution in [0.25, 0.3) is 0 Å². The molecule has 0 aromatic heterocycles. The van der Waals surface area contributed by atoms with Crippen molar-refractivity contribution in [3.63, 3.8) is 0 Å². The summed E-state index contributed by atoms with van der Waals surface area (Å²) in [5.74, 6) is -1.20. The number of anilines is 1. The Hall–Kier alpha value is -1.92. The lowest BCUT2D eigenvalue weighted by atomic mass is 10.0. The lowest BCUT2D eigenvalue weighted by Crippen LogP contribution is -2.52. The summed E-state index contributed by atoms with van der Waals surface area (Å²) in [7, 11) is 0. The average Bonchev–Trinajstić information content (AvgIpc) is 2.84. The molecule has 1 saturated heterocycles. The summed E-state index contributed by atoms with van der Waals surface area (Å²) in [5.41, 5.74) is -1.29. The normalized spacial score (nSPS) is 21.0. The fourth-order valence-corrected chi connectivity index (χ4v) is 2.51. The van der Waals surface area contributed by atoms with Crippen molar-refractivity contribution < 1.29 is 19.4 Å². The highest BCUT2D eigenvalue weighted by Gasteiger charge is 2.51. The number of rotatable bonds is 7. The molecule has 2 N–H and O–H groups in total. The number of carbonyl (C=O) groups excluding carboxylic acids is 2. The minimum atomic E-state index is -1.98. The van der Waals surface area contributed by atoms with Crippen molar-refractivity contribution in [2.24, 2.45) is 0 Å². The second kappa shape index (κ2) is 7.57. The second-order valence-corrected chi connectivity index (χ2v) is 5.93. The van der Waals surface area contributed by atoms with Crippen molar-refractivity contribution in [1.82, 2.24) is 5.32 Å². The van der Waals surface area contributed by atoms with E-state index in [1.54, 1.807) is 12.1 Å². The molecule has 0 radical (unpaired) electrons. The first-order valence-corrected chi connectivity index (χ1v) is 7.94. The van der Waals surface area contributed by atoms with Gasteiger partial charge in [-0.3, -0.25) is 9.59 Å². The van der Waals surface area contributed by atoms with Crippen LogP contribution >= 0.6 is 0 Å². The van der Waals surface area contributed by atoms with Gasteiger partial charge in [0.15, 0.2) is 0 Å². The first-order valence-electron chi connectivity index (χ1n) is 7.94. The Morgan fingerprint density at radius 3 is 2.74 bits per heavy atom. The Morgan fingerprint density at radius 2 is 2.09 bits per heavy atom. The molecule has 6 nitrogen and oxygen atoms in total. The standard InChI is InChI=1S/C17H24N2O4/c1-13(2)23-12-6-10-18-15(20)17(22)9-11-19(16(17)21)14-7-4-3-5-8-14/h3-5,7-8,13,22H,6,9-12H2,1-2H3,(H,18,20)/t17-/m0/s1. The van der Waals surface area contributed by atoms with E-state index in [-0.39, 0.29) is 12.5 Å². The molecule has 1 heterocycles. The van der Waals surface area contributed by atoms with E-state index in [0.717, 1.165) is 0 Å². The van der Waals surface area contributed by atoms with Gasteiger partial charge in [-0.25, -0.2) is 0 Å². The van der Waals surface area contributed by atoms with E-state index in [1.807, 2.05) is 32.0 Å². The van der Waals surface area contributed by atoms with Crippen molar-refractivity contribution in [1.29, 1.82) is 0 Å². The molecule has 0 aliphatic carbocycles. The largest absolute Gasteiger partial charge is 0.379 e. The summed E-state index contributed by atoms with van der Waals surface area (Å²) in [5, 5.41) is 13.1. The smallest absolute Gasteiger partial charge is 0.268 e. The van der Waals surface area contributed by atoms with Crippen LogP contribution in [0.2, 0.25) is 0 Å². The van der Waals surface area contributed by atoms with Gasteiger partial charge in [-0.15, -0.1) is 0 Å². The van der Waals surface area contributed by atoms with Gasteiger partial charge in [0.05, 0.1) is 6.10 Å². The number of nitrogens with one attached hydrogen (secondary N) is 1. The third-order valence-electron chi connectivity index (χ3n) is 3.80. The van der Waals surface area contributed by atoms with Crippen LogP contribution in [0, 0.1) is 0 Å². The fourth-order valence-electron chi connectivity index (χ4n) is 2.51. The van der Waals surface area contributed by atoms with Crippen molar-refractivity contribution in [3.8, 4) is 0 Å². The quantitative estimate of drug-likeness (QED) is 0.582. The van der Waals surface area contributed by atoms with E-state index in [1.165, 1.54) is 4.90 Å². The molecule has 126 valence electrons. The number of nitrogens with zero attached hydrogens (tertiary/aromatic N) is 1. The lowest BCUT2D eigenvalue weighted by molar-refractivity contribution is -0.149. The van der Waals surface area contributed by atoms with Gasteiger partial charge in [-0.1, -0.05) is 18.2 Å². The molecule has 0 bridgehead atoms. The van der Waals surface area contributed by atoms with Crippen LogP contribution in [-0.2, 0) is 14.3 Å². The van der Waals surface area contributed by atoms with E-state index in [9.17, 15) is 14.7 Å². The van der Waals surface area contributed by atoms with Gasteiger partial charge in [0.1, 0.15) is 0 Å². The molecule has 1 aliphatic rings. The summed E-state index contributed by atoms with van der Waals surface area (Å²) in [6, 6.07) is 9.04. The second-order valence-electron chi connectivity index (χ2n) is 5.93. The number of hydrogen-bond acceptors (Lipinski definition) is 4. The molecule has 0 saturated carbocycles. The number of amides is 2. The van der Waals surface area contributed by atoms with Crippen molar-refractivity contribution in [2.45, 2.75) is 38.4 Å². The maximum Gasteiger partial charge on any atom is 0.268 e. The monoisotopic (exact) mass is 320 g/mol. The zero-order chi connectivity index (χ0) is 16.9. The molecule has 1 aliphatic heterocycles. The fraction of sp³-hybridized carbons (Fsp3) is 0.529. The number of para-hydroxylation sites is 1. The summed E-state index contributed by atoms with van der Waals surface area (Å²) < 4.78 is 5.38. The SMILES string of the molecule is CC(C)OCCCNC(=O)[C@@]1(O)CCN(c2ccccc2)C1=O. The van der Waals surface area contributed by atoms with Crippen LogP contribution in [0.1, 0.15) is 26.7 Å². The number of hydrogen-bond donors (Lipinski definition) is 2. The van der Waals surface area contributed by atoms with Crippen LogP contribution in [-0.4, -0.2) is 48.3 Å². The van der Waals surface area contributed by atoms with E-state index >= 15 is 0 Å². The number of aliphatic hydroxyl groups is 1. The van der Waals surface area contributed by atoms with Gasteiger partial charge in [-0.2, -0.15) is 0 Å². The molecule has 1 aromatic carbocycles. The van der Waals surface area contributed by atoms with Crippen molar-refractivity contribution >= 4 is 17.5 Å². The maximum absolute atomic E-state index is 12.4. The zero-order valence-corrected chi connectivity index (χ0v) is 13.6. The summed E-state index contributed by atoms with van der Waals surface area (Å²) in [4.78, 5) is 26.1. The Kier molecular flexibility index (Phi) is 5.74. The van der Waals surface area contributed by atoms with Gasteiger partial charge in [-0.05, 0) is 32.4 Å². The number of benzene rings is 1. The van der Waals surface area contributed by atoms with Crippen LogP contribution in [0.4, 0.5) is 5.69 Å². The van der Waals surface area contributed by atoms with Gasteiger partial charge in [0.25, 0.3) is 11.8 Å². The van der Waals surface area contributed by atoms with Gasteiger partial charge in [0.2, 0.25) is 5.60 Å². The third kappa shape index (κ3) is 4.09. The average molecular weight is 320 g/mol. The summed E-state index contributed by atoms with van der Waals surface area (Å²) in [6.45, 7) is 5.10. The molecule has 23 heavy (non-hydrogen) atoms. The number of ether oxygens (including phenoxy) is 1. The lowest BCUT2D eigenvalue weighted by Gasteiger charge is -2.21. The molecule has 2 amide bonds. The highest BCUT2D eigenvalue weighted by molar-refractivity contribution is 6.16. The Morgan fingerprint density at radius 1 is 1.39 bits per heavy atom. The molecular weight excluding hydrogens is 296 g/mol. The van der Waals surface area contributed by atoms with Crippen LogP contribution in [0.15, 0.2) is 30.3 Å². The molecular formula is C17H24N2O4. The van der Waals surface area contributed by atoms with Crippen LogP contribution < -0.4 is 10.2 Å². The van der Waals surface area contributed by atoms with E-state index in [0.29, 0.717) is 31.8 Å². The molecule has 2 rings (SSSR count). The summed E-state index contributed by atoms with van der Waals surface area (Å²) >= 11 is 0. The van der Waals surface area contributed by atoms with Gasteiger partial charge in [0, 0.05) is 31.8 Å². The Bertz CT molecular complexity index is 547. The molecule has 0 unspecified atom stereocenters. The van der Waals surface area contributed by atoms with E-state index in [2.05, 4.69) is 5.32 Å². The predicted molar refractivity (Wildman–Crippen MR) is 87.1 cm³/mol. The summed E-state index contributed by atoms with van der Waals surface area (Å²) in [6.07, 6.45) is 0.872. The first-order chi connectivity index (χ1) is 10.9. The van der Waals surface area contributed by atoms with E-state index < -0.39 is 17.4 Å². The molecule has 6 heteroatoms. The third-order valence-corrected chi connectivity index (χ3v) is 3.80. The molecule has 1 fully saturated rings. The van der Waals surface area contributed by atoms with Crippen molar-refractivity contribution in [2.75, 3.05) is 24.6 Å². The first kappa shape index (κ1) is 17.4. The minimum absolute atomic E-state index is 0.0923. The zero-order valence-electron chi connectivity index (χ0n) is 13.6. The van der Waals surface area contributed by atoms with Gasteiger partial charge >= 0.3 is 0 Å². The topological polar surface area (TPSA) is 78.9 Å². The highest BCUT2D eigenvalue weighted by Crippen LogP contribution is 2.28. The Labute approximate surface area is 136 Å². The Balaban J connectivity index is 1.89. The van der Waals surface area contributed by atoms with Crippen molar-refractivity contribution in [3.05, 3.63) is 30.3 Å². The van der Waals surface area contributed by atoms with Crippen LogP contribution in [0.3, 0.4) is 0 Å². The van der Waals surface area contributed by atoms with E-state index in [4.69, 9.17) is 4.74 Å². The van der Waals surface area contributed by atoms with Crippen LogP contribution in [0.5, 0.6) is 0 Å². The molecule has 0 spiro atoms. The number of carbonyl (C=O) groups is 2. The maximum atomic E-state index is 12.4. The molecule has 1 atom stereocenters. The van der Waals surface area contributed by atoms with Gasteiger partial charge < -0.3 is 20.1 Å².